The number of anilines is 1. The zero-order valence-electron chi connectivity index (χ0n) is 15.5. The lowest BCUT2D eigenvalue weighted by molar-refractivity contribution is -0.114. The number of amides is 1. The van der Waals surface area contributed by atoms with Crippen LogP contribution in [-0.2, 0) is 17.8 Å². The van der Waals surface area contributed by atoms with E-state index in [2.05, 4.69) is 29.2 Å². The second-order valence-corrected chi connectivity index (χ2v) is 7.39. The molecular weight excluding hydrogens is 364 g/mol. The molecule has 0 aliphatic carbocycles. The van der Waals surface area contributed by atoms with Crippen LogP contribution < -0.4 is 5.32 Å². The monoisotopic (exact) mass is 384 g/mol. The molecule has 0 unspecified atom stereocenters. The molecule has 1 aliphatic rings. The molecule has 1 N–H and O–H groups in total. The summed E-state index contributed by atoms with van der Waals surface area (Å²) < 4.78 is 4.00. The summed E-state index contributed by atoms with van der Waals surface area (Å²) in [6, 6.07) is 5.84. The lowest BCUT2D eigenvalue weighted by Crippen LogP contribution is -2.08. The predicted molar refractivity (Wildman–Crippen MR) is 105 cm³/mol. The molecule has 3 aromatic heterocycles. The van der Waals surface area contributed by atoms with Gasteiger partial charge in [0.15, 0.2) is 5.82 Å². The van der Waals surface area contributed by atoms with E-state index in [9.17, 15) is 4.79 Å². The minimum atomic E-state index is -0.131. The molecule has 7 nitrogen and oxygen atoms in total. The summed E-state index contributed by atoms with van der Waals surface area (Å²) >= 11 is 5.95. The predicted octanol–water partition coefficient (Wildman–Crippen LogP) is 3.95. The Balaban J connectivity index is 1.91. The molecule has 0 aromatic carbocycles. The van der Waals surface area contributed by atoms with Crippen molar-refractivity contribution < 1.29 is 4.79 Å². The van der Waals surface area contributed by atoms with Crippen LogP contribution in [0.5, 0.6) is 0 Å². The normalized spacial score (nSPS) is 13.2. The summed E-state index contributed by atoms with van der Waals surface area (Å²) in [5.41, 5.74) is 5.08. The molecule has 8 heteroatoms. The molecule has 0 radical (unpaired) electrons. The zero-order chi connectivity index (χ0) is 19.1. The number of pyridine rings is 1. The highest BCUT2D eigenvalue weighted by atomic mass is 35.5. The van der Waals surface area contributed by atoms with E-state index in [4.69, 9.17) is 16.7 Å². The van der Waals surface area contributed by atoms with Gasteiger partial charge in [-0.2, -0.15) is 10.2 Å². The number of aromatic nitrogens is 5. The van der Waals surface area contributed by atoms with Crippen LogP contribution in [0, 0.1) is 0 Å². The number of hydrogen-bond acceptors (Lipinski definition) is 4. The summed E-state index contributed by atoms with van der Waals surface area (Å²) in [5, 5.41) is 12.7. The van der Waals surface area contributed by atoms with Crippen LogP contribution in [0.3, 0.4) is 0 Å². The van der Waals surface area contributed by atoms with Crippen LogP contribution in [-0.4, -0.2) is 30.5 Å². The highest BCUT2D eigenvalue weighted by Gasteiger charge is 2.27. The van der Waals surface area contributed by atoms with Crippen molar-refractivity contribution in [1.82, 2.24) is 24.5 Å². The molecule has 0 fully saturated rings. The number of nitrogens with one attached hydrogen (secondary N) is 1. The van der Waals surface area contributed by atoms with E-state index in [-0.39, 0.29) is 11.9 Å². The van der Waals surface area contributed by atoms with Gasteiger partial charge in [0.2, 0.25) is 5.91 Å². The fraction of sp³-hybridized carbons (Fsp3) is 0.368. The van der Waals surface area contributed by atoms with E-state index in [1.54, 1.807) is 12.3 Å². The van der Waals surface area contributed by atoms with Gasteiger partial charge in [-0.25, -0.2) is 4.98 Å². The molecule has 27 heavy (non-hydrogen) atoms. The van der Waals surface area contributed by atoms with Crippen LogP contribution in [0.4, 0.5) is 5.82 Å². The van der Waals surface area contributed by atoms with Gasteiger partial charge in [-0.15, -0.1) is 0 Å². The Morgan fingerprint density at radius 3 is 2.78 bits per heavy atom. The molecule has 140 valence electrons. The van der Waals surface area contributed by atoms with Gasteiger partial charge in [-0.05, 0) is 38.8 Å². The van der Waals surface area contributed by atoms with E-state index >= 15 is 0 Å². The van der Waals surface area contributed by atoms with Gasteiger partial charge in [-0.1, -0.05) is 11.6 Å². The third-order valence-electron chi connectivity index (χ3n) is 4.62. The van der Waals surface area contributed by atoms with Crippen LogP contribution in [0.25, 0.3) is 22.6 Å². The third kappa shape index (κ3) is 3.23. The number of aryl methyl sites for hydroxylation is 1. The summed E-state index contributed by atoms with van der Waals surface area (Å²) in [4.78, 5) is 15.6. The van der Waals surface area contributed by atoms with Gasteiger partial charge in [0.05, 0.1) is 17.1 Å². The molecule has 0 saturated heterocycles. The Morgan fingerprint density at radius 2 is 2.11 bits per heavy atom. The first-order chi connectivity index (χ1) is 12.9. The minimum Gasteiger partial charge on any atom is -0.309 e. The fourth-order valence-corrected chi connectivity index (χ4v) is 3.64. The zero-order valence-corrected chi connectivity index (χ0v) is 16.3. The van der Waals surface area contributed by atoms with Crippen molar-refractivity contribution in [2.24, 2.45) is 0 Å². The number of rotatable bonds is 3. The van der Waals surface area contributed by atoms with Crippen molar-refractivity contribution in [3.05, 3.63) is 35.1 Å². The van der Waals surface area contributed by atoms with E-state index in [1.165, 1.54) is 12.5 Å². The van der Waals surface area contributed by atoms with Gasteiger partial charge in [0, 0.05) is 42.9 Å². The molecule has 0 saturated carbocycles. The Morgan fingerprint density at radius 1 is 1.30 bits per heavy atom. The van der Waals surface area contributed by atoms with Gasteiger partial charge < -0.3 is 5.32 Å². The third-order valence-corrected chi connectivity index (χ3v) is 4.85. The quantitative estimate of drug-likeness (QED) is 0.693. The van der Waals surface area contributed by atoms with Crippen molar-refractivity contribution >= 4 is 23.3 Å². The van der Waals surface area contributed by atoms with Crippen LogP contribution >= 0.6 is 11.6 Å². The molecule has 0 bridgehead atoms. The second-order valence-electron chi connectivity index (χ2n) is 7.01. The first-order valence-corrected chi connectivity index (χ1v) is 9.41. The van der Waals surface area contributed by atoms with Gasteiger partial charge in [0.1, 0.15) is 5.15 Å². The summed E-state index contributed by atoms with van der Waals surface area (Å²) in [6.07, 6.45) is 3.61. The highest BCUT2D eigenvalue weighted by Crippen LogP contribution is 2.38. The molecule has 1 amide bonds. The summed E-state index contributed by atoms with van der Waals surface area (Å²) in [6.45, 7) is 6.50. The summed E-state index contributed by atoms with van der Waals surface area (Å²) in [5.74, 6) is 0.436. The molecule has 4 rings (SSSR count). The van der Waals surface area contributed by atoms with Gasteiger partial charge in [-0.3, -0.25) is 14.2 Å². The Labute approximate surface area is 162 Å². The number of nitrogens with zero attached hydrogens (tertiary/aromatic N) is 5. The highest BCUT2D eigenvalue weighted by molar-refractivity contribution is 6.29. The van der Waals surface area contributed by atoms with Crippen LogP contribution in [0.1, 0.15) is 38.8 Å². The maximum Gasteiger partial charge on any atom is 0.222 e. The van der Waals surface area contributed by atoms with E-state index < -0.39 is 0 Å². The molecular formula is C19H21ClN6O. The SMILES string of the molecule is CC(=O)Nc1cc2n(n1)CCCc1c(-c3ccc(Cl)nc3)nn(C(C)C)c1-2. The van der Waals surface area contributed by atoms with E-state index in [1.807, 2.05) is 21.5 Å². The Kier molecular flexibility index (Phi) is 4.47. The first kappa shape index (κ1) is 17.7. The van der Waals surface area contributed by atoms with Crippen molar-refractivity contribution in [2.75, 3.05) is 5.32 Å². The molecule has 4 heterocycles. The molecule has 0 spiro atoms. The average molecular weight is 385 g/mol. The van der Waals surface area contributed by atoms with Crippen LogP contribution in [0.2, 0.25) is 5.15 Å². The molecule has 0 atom stereocenters. The second kappa shape index (κ2) is 6.81. The van der Waals surface area contributed by atoms with E-state index in [0.29, 0.717) is 11.0 Å². The average Bonchev–Trinajstić information content (AvgIpc) is 3.12. The number of hydrogen-bond donors (Lipinski definition) is 1. The maximum atomic E-state index is 11.4. The van der Waals surface area contributed by atoms with E-state index in [0.717, 1.165) is 42.0 Å². The number of fused-ring (bicyclic) bond motifs is 3. The molecule has 3 aromatic rings. The van der Waals surface area contributed by atoms with Crippen molar-refractivity contribution in [1.29, 1.82) is 0 Å². The lowest BCUT2D eigenvalue weighted by atomic mass is 10.0. The Hall–Kier alpha value is -2.67. The topological polar surface area (TPSA) is 77.6 Å². The number of carbonyl (C=O) groups excluding carboxylic acids is 1. The number of carbonyl (C=O) groups is 1. The van der Waals surface area contributed by atoms with Gasteiger partial charge >= 0.3 is 0 Å². The largest absolute Gasteiger partial charge is 0.309 e. The van der Waals surface area contributed by atoms with Crippen molar-refractivity contribution in [3.63, 3.8) is 0 Å². The summed E-state index contributed by atoms with van der Waals surface area (Å²) in [7, 11) is 0. The Bertz CT molecular complexity index is 1000. The molecule has 1 aliphatic heterocycles. The van der Waals surface area contributed by atoms with Crippen molar-refractivity contribution in [2.45, 2.75) is 46.2 Å². The minimum absolute atomic E-state index is 0.131. The smallest absolute Gasteiger partial charge is 0.222 e. The number of halogens is 1. The fourth-order valence-electron chi connectivity index (χ4n) is 3.52. The lowest BCUT2D eigenvalue weighted by Gasteiger charge is -2.11. The van der Waals surface area contributed by atoms with Gasteiger partial charge in [0.25, 0.3) is 0 Å². The van der Waals surface area contributed by atoms with Crippen molar-refractivity contribution in [3.8, 4) is 22.6 Å². The standard InChI is InChI=1S/C19H21ClN6O/c1-11(2)26-19-14(18(24-26)13-6-7-16(20)21-10-13)5-4-8-25-15(19)9-17(23-25)22-12(3)27/h6-7,9-11H,4-5,8H2,1-3H3,(H,22,23,27). The maximum absolute atomic E-state index is 11.4. The van der Waals surface area contributed by atoms with Crippen LogP contribution in [0.15, 0.2) is 24.4 Å². The first-order valence-electron chi connectivity index (χ1n) is 9.03.